The van der Waals surface area contributed by atoms with Crippen LogP contribution >= 0.6 is 0 Å². The molecule has 6 nitrogen and oxygen atoms in total. The Morgan fingerprint density at radius 3 is 2.75 bits per heavy atom. The van der Waals surface area contributed by atoms with E-state index in [4.69, 9.17) is 5.73 Å². The number of benzene rings is 1. The monoisotopic (exact) mass is 277 g/mol. The summed E-state index contributed by atoms with van der Waals surface area (Å²) in [6, 6.07) is 5.80. The van der Waals surface area contributed by atoms with E-state index in [1.165, 1.54) is 16.8 Å². The molecule has 0 bridgehead atoms. The van der Waals surface area contributed by atoms with E-state index in [-0.39, 0.29) is 30.9 Å². The molecule has 0 saturated carbocycles. The van der Waals surface area contributed by atoms with Crippen molar-refractivity contribution in [2.24, 2.45) is 5.73 Å². The molecule has 7 heteroatoms. The van der Waals surface area contributed by atoms with E-state index in [2.05, 4.69) is 15.6 Å². The summed E-state index contributed by atoms with van der Waals surface area (Å²) in [5, 5.41) is 10.4. The highest BCUT2D eigenvalue weighted by atomic mass is 19.1. The van der Waals surface area contributed by atoms with Gasteiger partial charge >= 0.3 is 0 Å². The van der Waals surface area contributed by atoms with Crippen LogP contribution in [0.1, 0.15) is 24.2 Å². The number of halogens is 1. The lowest BCUT2D eigenvalue weighted by atomic mass is 10.1. The molecule has 0 spiro atoms. The molecule has 0 aliphatic rings. The van der Waals surface area contributed by atoms with Crippen molar-refractivity contribution in [1.29, 1.82) is 0 Å². The smallest absolute Gasteiger partial charge is 0.242 e. The minimum atomic E-state index is -0.302. The van der Waals surface area contributed by atoms with Crippen LogP contribution in [0.4, 0.5) is 4.39 Å². The number of carbonyl (C=O) groups is 1. The van der Waals surface area contributed by atoms with Crippen molar-refractivity contribution in [3.05, 3.63) is 47.5 Å². The second-order valence-electron chi connectivity index (χ2n) is 4.45. The number of hydrogen-bond donors (Lipinski definition) is 2. The fraction of sp³-hybridized carbons (Fsp3) is 0.308. The zero-order valence-corrected chi connectivity index (χ0v) is 11.1. The first-order valence-electron chi connectivity index (χ1n) is 6.22. The summed E-state index contributed by atoms with van der Waals surface area (Å²) in [4.78, 5) is 11.9. The molecule has 106 valence electrons. The van der Waals surface area contributed by atoms with E-state index in [0.29, 0.717) is 5.69 Å². The zero-order chi connectivity index (χ0) is 14.5. The Kier molecular flexibility index (Phi) is 4.41. The van der Waals surface area contributed by atoms with Crippen molar-refractivity contribution in [2.45, 2.75) is 26.1 Å². The van der Waals surface area contributed by atoms with Crippen molar-refractivity contribution in [1.82, 2.24) is 20.3 Å². The Morgan fingerprint density at radius 1 is 1.45 bits per heavy atom. The Morgan fingerprint density at radius 2 is 2.15 bits per heavy atom. The first kappa shape index (κ1) is 14.1. The zero-order valence-electron chi connectivity index (χ0n) is 11.1. The number of rotatable bonds is 5. The molecule has 0 unspecified atom stereocenters. The molecule has 1 aromatic carbocycles. The van der Waals surface area contributed by atoms with Gasteiger partial charge in [0.2, 0.25) is 5.91 Å². The van der Waals surface area contributed by atoms with Crippen LogP contribution in [0.25, 0.3) is 0 Å². The summed E-state index contributed by atoms with van der Waals surface area (Å²) in [6.45, 7) is 2.18. The molecule has 0 fully saturated rings. The van der Waals surface area contributed by atoms with Gasteiger partial charge in [-0.3, -0.25) is 4.79 Å². The predicted octanol–water partition coefficient (Wildman–Crippen LogP) is 0.753. The molecular formula is C13H16FN5O. The highest BCUT2D eigenvalue weighted by Gasteiger charge is 2.11. The van der Waals surface area contributed by atoms with Gasteiger partial charge in [-0.05, 0) is 24.6 Å². The molecule has 1 heterocycles. The van der Waals surface area contributed by atoms with Crippen molar-refractivity contribution in [3.8, 4) is 0 Å². The Bertz CT molecular complexity index is 581. The Labute approximate surface area is 115 Å². The van der Waals surface area contributed by atoms with Crippen LogP contribution in [-0.2, 0) is 17.9 Å². The average Bonchev–Trinajstić information content (AvgIpc) is 2.86. The number of nitrogens with two attached hydrogens (primary N) is 1. The second kappa shape index (κ2) is 6.25. The largest absolute Gasteiger partial charge is 0.348 e. The van der Waals surface area contributed by atoms with Gasteiger partial charge in [0.15, 0.2) is 0 Å². The lowest BCUT2D eigenvalue weighted by molar-refractivity contribution is -0.122. The van der Waals surface area contributed by atoms with Crippen molar-refractivity contribution >= 4 is 5.91 Å². The molecule has 3 N–H and O–H groups in total. The molecule has 1 amide bonds. The SMILES string of the molecule is C[C@@H](NC(=O)Cn1cc(CN)nn1)c1ccc(F)cc1. The summed E-state index contributed by atoms with van der Waals surface area (Å²) >= 11 is 0. The lowest BCUT2D eigenvalue weighted by Crippen LogP contribution is -2.30. The van der Waals surface area contributed by atoms with Crippen molar-refractivity contribution < 1.29 is 9.18 Å². The highest BCUT2D eigenvalue weighted by molar-refractivity contribution is 5.76. The molecular weight excluding hydrogens is 261 g/mol. The third-order valence-corrected chi connectivity index (χ3v) is 2.85. The first-order chi connectivity index (χ1) is 9.58. The maximum atomic E-state index is 12.8. The summed E-state index contributed by atoms with van der Waals surface area (Å²) in [5.41, 5.74) is 6.88. The fourth-order valence-electron chi connectivity index (χ4n) is 1.78. The van der Waals surface area contributed by atoms with Crippen molar-refractivity contribution in [3.63, 3.8) is 0 Å². The maximum absolute atomic E-state index is 12.8. The van der Waals surface area contributed by atoms with Crippen LogP contribution in [0.2, 0.25) is 0 Å². The lowest BCUT2D eigenvalue weighted by Gasteiger charge is -2.14. The fourth-order valence-corrected chi connectivity index (χ4v) is 1.78. The van der Waals surface area contributed by atoms with Gasteiger partial charge in [-0.25, -0.2) is 9.07 Å². The van der Waals surface area contributed by atoms with E-state index in [1.807, 2.05) is 6.92 Å². The summed E-state index contributed by atoms with van der Waals surface area (Å²) in [7, 11) is 0. The first-order valence-corrected chi connectivity index (χ1v) is 6.22. The average molecular weight is 277 g/mol. The maximum Gasteiger partial charge on any atom is 0.242 e. The molecule has 2 aromatic rings. The quantitative estimate of drug-likeness (QED) is 0.844. The van der Waals surface area contributed by atoms with E-state index < -0.39 is 0 Å². The van der Waals surface area contributed by atoms with Crippen LogP contribution < -0.4 is 11.1 Å². The molecule has 0 saturated heterocycles. The topological polar surface area (TPSA) is 85.8 Å². The number of hydrogen-bond acceptors (Lipinski definition) is 4. The van der Waals surface area contributed by atoms with Crippen LogP contribution in [-0.4, -0.2) is 20.9 Å². The second-order valence-corrected chi connectivity index (χ2v) is 4.45. The number of aromatic nitrogens is 3. The van der Waals surface area contributed by atoms with Crippen LogP contribution in [0.5, 0.6) is 0 Å². The molecule has 1 atom stereocenters. The minimum Gasteiger partial charge on any atom is -0.348 e. The Balaban J connectivity index is 1.92. The minimum absolute atomic E-state index is 0.0680. The van der Waals surface area contributed by atoms with Crippen molar-refractivity contribution in [2.75, 3.05) is 0 Å². The van der Waals surface area contributed by atoms with Gasteiger partial charge in [0.05, 0.1) is 17.9 Å². The highest BCUT2D eigenvalue weighted by Crippen LogP contribution is 2.12. The van der Waals surface area contributed by atoms with E-state index in [0.717, 1.165) is 5.56 Å². The number of nitrogens with one attached hydrogen (secondary N) is 1. The normalized spacial score (nSPS) is 12.2. The summed E-state index contributed by atoms with van der Waals surface area (Å²) in [6.07, 6.45) is 1.63. The Hall–Kier alpha value is -2.28. The van der Waals surface area contributed by atoms with Gasteiger partial charge < -0.3 is 11.1 Å². The van der Waals surface area contributed by atoms with E-state index in [1.54, 1.807) is 18.3 Å². The number of amides is 1. The van der Waals surface area contributed by atoms with Crippen LogP contribution in [0.15, 0.2) is 30.5 Å². The van der Waals surface area contributed by atoms with Gasteiger partial charge in [-0.2, -0.15) is 0 Å². The van der Waals surface area contributed by atoms with Gasteiger partial charge in [0.1, 0.15) is 12.4 Å². The van der Waals surface area contributed by atoms with Gasteiger partial charge in [0.25, 0.3) is 0 Å². The van der Waals surface area contributed by atoms with E-state index in [9.17, 15) is 9.18 Å². The molecule has 0 radical (unpaired) electrons. The summed E-state index contributed by atoms with van der Waals surface area (Å²) < 4.78 is 14.2. The van der Waals surface area contributed by atoms with Gasteiger partial charge in [-0.15, -0.1) is 5.10 Å². The summed E-state index contributed by atoms with van der Waals surface area (Å²) in [5.74, 6) is -0.500. The molecule has 0 aliphatic carbocycles. The predicted molar refractivity (Wildman–Crippen MR) is 70.9 cm³/mol. The molecule has 1 aromatic heterocycles. The number of nitrogens with zero attached hydrogens (tertiary/aromatic N) is 3. The standard InChI is InChI=1S/C13H16FN5O/c1-9(10-2-4-11(14)5-3-10)16-13(20)8-19-7-12(6-15)17-18-19/h2-5,7,9H,6,8,15H2,1H3,(H,16,20)/t9-/m1/s1. The molecule has 20 heavy (non-hydrogen) atoms. The third-order valence-electron chi connectivity index (χ3n) is 2.85. The third kappa shape index (κ3) is 3.61. The number of carbonyl (C=O) groups excluding carboxylic acids is 1. The van der Waals surface area contributed by atoms with E-state index >= 15 is 0 Å². The van der Waals surface area contributed by atoms with Crippen LogP contribution in [0.3, 0.4) is 0 Å². The molecule has 0 aliphatic heterocycles. The van der Waals surface area contributed by atoms with Gasteiger partial charge in [0, 0.05) is 6.54 Å². The van der Waals surface area contributed by atoms with Crippen LogP contribution in [0, 0.1) is 5.82 Å². The van der Waals surface area contributed by atoms with Gasteiger partial charge in [-0.1, -0.05) is 17.3 Å². The molecule has 2 rings (SSSR count).